The van der Waals surface area contributed by atoms with Crippen LogP contribution in [0.4, 0.5) is 0 Å². The van der Waals surface area contributed by atoms with Crippen LogP contribution in [-0.4, -0.2) is 20.9 Å². The molecule has 128 valence electrons. The number of carbonyl (C=O) groups is 1. The highest BCUT2D eigenvalue weighted by Gasteiger charge is 2.09. The maximum atomic E-state index is 12.0. The van der Waals surface area contributed by atoms with E-state index >= 15 is 0 Å². The highest BCUT2D eigenvalue weighted by molar-refractivity contribution is 7.89. The van der Waals surface area contributed by atoms with Crippen LogP contribution in [0, 0.1) is 0 Å². The van der Waals surface area contributed by atoms with E-state index in [-0.39, 0.29) is 16.7 Å². The fourth-order valence-electron chi connectivity index (χ4n) is 2.36. The third-order valence-corrected chi connectivity index (χ3v) is 4.80. The lowest BCUT2D eigenvalue weighted by molar-refractivity contribution is -0.121. The Bertz CT molecular complexity index is 772. The first-order valence-corrected chi connectivity index (χ1v) is 9.34. The Morgan fingerprint density at radius 3 is 2.29 bits per heavy atom. The molecular weight excluding hydrogens is 324 g/mol. The zero-order valence-corrected chi connectivity index (χ0v) is 14.4. The van der Waals surface area contributed by atoms with Crippen LogP contribution in [0.25, 0.3) is 0 Å². The number of aryl methyl sites for hydroxylation is 1. The Morgan fingerprint density at radius 2 is 1.71 bits per heavy atom. The largest absolute Gasteiger partial charge is 0.355 e. The van der Waals surface area contributed by atoms with Crippen molar-refractivity contribution in [2.45, 2.75) is 30.6 Å². The van der Waals surface area contributed by atoms with Crippen LogP contribution in [0.5, 0.6) is 0 Å². The molecule has 24 heavy (non-hydrogen) atoms. The average molecular weight is 346 g/mol. The van der Waals surface area contributed by atoms with Crippen molar-refractivity contribution < 1.29 is 13.2 Å². The summed E-state index contributed by atoms with van der Waals surface area (Å²) < 4.78 is 22.4. The zero-order valence-electron chi connectivity index (χ0n) is 13.6. The molecule has 0 aromatic heterocycles. The van der Waals surface area contributed by atoms with E-state index < -0.39 is 10.0 Å². The van der Waals surface area contributed by atoms with Crippen molar-refractivity contribution in [3.05, 3.63) is 65.7 Å². The number of hydrogen-bond donors (Lipinski definition) is 2. The first-order chi connectivity index (χ1) is 11.4. The molecule has 5 nitrogen and oxygen atoms in total. The fourth-order valence-corrected chi connectivity index (χ4v) is 2.87. The number of primary sulfonamides is 1. The van der Waals surface area contributed by atoms with Gasteiger partial charge < -0.3 is 5.32 Å². The second kappa shape index (κ2) is 8.08. The molecule has 0 aliphatic rings. The van der Waals surface area contributed by atoms with Gasteiger partial charge in [0.25, 0.3) is 0 Å². The van der Waals surface area contributed by atoms with Gasteiger partial charge in [-0.05, 0) is 35.6 Å². The molecule has 6 heteroatoms. The van der Waals surface area contributed by atoms with Gasteiger partial charge in [-0.2, -0.15) is 0 Å². The lowest BCUT2D eigenvalue weighted by atomic mass is 10.0. The molecule has 2 aromatic carbocycles. The molecule has 1 unspecified atom stereocenters. The monoisotopic (exact) mass is 346 g/mol. The van der Waals surface area contributed by atoms with Crippen molar-refractivity contribution in [2.24, 2.45) is 5.14 Å². The summed E-state index contributed by atoms with van der Waals surface area (Å²) in [5.41, 5.74) is 2.09. The normalized spacial score (nSPS) is 12.6. The summed E-state index contributed by atoms with van der Waals surface area (Å²) in [6.45, 7) is 2.66. The Hall–Kier alpha value is -2.18. The lowest BCUT2D eigenvalue weighted by Crippen LogP contribution is -2.27. The predicted octanol–water partition coefficient (Wildman–Crippen LogP) is 2.19. The first kappa shape index (κ1) is 18.2. The highest BCUT2D eigenvalue weighted by Crippen LogP contribution is 2.13. The summed E-state index contributed by atoms with van der Waals surface area (Å²) in [5.74, 6) is 0.234. The van der Waals surface area contributed by atoms with Crippen LogP contribution in [0.15, 0.2) is 59.5 Å². The molecule has 1 amide bonds. The molecule has 0 fully saturated rings. The maximum Gasteiger partial charge on any atom is 0.238 e. The number of sulfonamides is 1. The van der Waals surface area contributed by atoms with Crippen molar-refractivity contribution in [1.82, 2.24) is 5.32 Å². The van der Waals surface area contributed by atoms with Gasteiger partial charge in [0.15, 0.2) is 0 Å². The summed E-state index contributed by atoms with van der Waals surface area (Å²) >= 11 is 0. The number of nitrogens with one attached hydrogen (secondary N) is 1. The molecular formula is C18H22N2O3S. The van der Waals surface area contributed by atoms with E-state index in [9.17, 15) is 13.2 Å². The maximum absolute atomic E-state index is 12.0. The van der Waals surface area contributed by atoms with Gasteiger partial charge in [-0.15, -0.1) is 0 Å². The second-order valence-corrected chi connectivity index (χ2v) is 7.37. The number of hydrogen-bond acceptors (Lipinski definition) is 3. The number of carbonyl (C=O) groups excluding carboxylic acids is 1. The molecule has 0 aliphatic heterocycles. The highest BCUT2D eigenvalue weighted by atomic mass is 32.2. The van der Waals surface area contributed by atoms with Crippen molar-refractivity contribution in [1.29, 1.82) is 0 Å². The molecule has 0 spiro atoms. The van der Waals surface area contributed by atoms with Crippen molar-refractivity contribution >= 4 is 15.9 Å². The third-order valence-electron chi connectivity index (χ3n) is 3.87. The van der Waals surface area contributed by atoms with Gasteiger partial charge in [0, 0.05) is 13.0 Å². The average Bonchev–Trinajstić information content (AvgIpc) is 2.58. The summed E-state index contributed by atoms with van der Waals surface area (Å²) in [4.78, 5) is 12.0. The minimum atomic E-state index is -3.67. The minimum Gasteiger partial charge on any atom is -0.355 e. The predicted molar refractivity (Wildman–Crippen MR) is 94.0 cm³/mol. The first-order valence-electron chi connectivity index (χ1n) is 7.79. The molecule has 0 saturated carbocycles. The van der Waals surface area contributed by atoms with E-state index in [0.29, 0.717) is 19.4 Å². The molecule has 2 aromatic rings. The van der Waals surface area contributed by atoms with Gasteiger partial charge in [-0.1, -0.05) is 49.4 Å². The number of amides is 1. The van der Waals surface area contributed by atoms with Crippen LogP contribution in [-0.2, 0) is 21.2 Å². The Labute approximate surface area is 142 Å². The van der Waals surface area contributed by atoms with E-state index in [1.165, 1.54) is 17.7 Å². The summed E-state index contributed by atoms with van der Waals surface area (Å²) in [5, 5.41) is 7.98. The molecule has 2 rings (SSSR count). The van der Waals surface area contributed by atoms with E-state index in [1.54, 1.807) is 12.1 Å². The molecule has 3 N–H and O–H groups in total. The van der Waals surface area contributed by atoms with Gasteiger partial charge in [-0.3, -0.25) is 4.79 Å². The van der Waals surface area contributed by atoms with Gasteiger partial charge in [0.1, 0.15) is 0 Å². The van der Waals surface area contributed by atoms with Gasteiger partial charge in [0.05, 0.1) is 4.90 Å². The fraction of sp³-hybridized carbons (Fsp3) is 0.278. The Morgan fingerprint density at radius 1 is 1.08 bits per heavy atom. The van der Waals surface area contributed by atoms with Crippen molar-refractivity contribution in [2.75, 3.05) is 6.54 Å². The van der Waals surface area contributed by atoms with Crippen LogP contribution in [0.1, 0.15) is 30.4 Å². The number of rotatable bonds is 7. The van der Waals surface area contributed by atoms with Gasteiger partial charge in [0.2, 0.25) is 15.9 Å². The zero-order chi connectivity index (χ0) is 17.6. The number of nitrogens with two attached hydrogens (primary N) is 1. The number of benzene rings is 2. The van der Waals surface area contributed by atoms with E-state index in [0.717, 1.165) is 5.56 Å². The molecule has 0 saturated heterocycles. The quantitative estimate of drug-likeness (QED) is 0.805. The molecule has 1 atom stereocenters. The van der Waals surface area contributed by atoms with E-state index in [4.69, 9.17) is 5.14 Å². The van der Waals surface area contributed by atoms with Gasteiger partial charge >= 0.3 is 0 Å². The Kier molecular flexibility index (Phi) is 6.11. The smallest absolute Gasteiger partial charge is 0.238 e. The van der Waals surface area contributed by atoms with Crippen molar-refractivity contribution in [3.8, 4) is 0 Å². The van der Waals surface area contributed by atoms with Gasteiger partial charge in [-0.25, -0.2) is 13.6 Å². The van der Waals surface area contributed by atoms with Crippen LogP contribution in [0.2, 0.25) is 0 Å². The van der Waals surface area contributed by atoms with Crippen molar-refractivity contribution in [3.63, 3.8) is 0 Å². The standard InChI is InChI=1S/C18H22N2O3S/c1-14(16-5-3-2-4-6-16)13-20-18(21)12-9-15-7-10-17(11-8-15)24(19,22)23/h2-8,10-11,14H,9,12-13H2,1H3,(H,20,21)(H2,19,22,23). The third kappa shape index (κ3) is 5.47. The topological polar surface area (TPSA) is 89.3 Å². The van der Waals surface area contributed by atoms with E-state index in [1.807, 2.05) is 30.3 Å². The summed E-state index contributed by atoms with van der Waals surface area (Å²) in [7, 11) is -3.67. The summed E-state index contributed by atoms with van der Waals surface area (Å²) in [6, 6.07) is 16.3. The molecule has 0 bridgehead atoms. The van der Waals surface area contributed by atoms with Crippen LogP contribution >= 0.6 is 0 Å². The minimum absolute atomic E-state index is 0.0201. The van der Waals surface area contributed by atoms with Crippen LogP contribution < -0.4 is 10.5 Å². The van der Waals surface area contributed by atoms with Crippen LogP contribution in [0.3, 0.4) is 0 Å². The molecule has 0 heterocycles. The molecule has 0 aliphatic carbocycles. The summed E-state index contributed by atoms with van der Waals surface area (Å²) in [6.07, 6.45) is 0.909. The lowest BCUT2D eigenvalue weighted by Gasteiger charge is -2.13. The SMILES string of the molecule is CC(CNC(=O)CCc1ccc(S(N)(=O)=O)cc1)c1ccccc1. The molecule has 0 radical (unpaired) electrons. The van der Waals surface area contributed by atoms with E-state index in [2.05, 4.69) is 12.2 Å². The second-order valence-electron chi connectivity index (χ2n) is 5.80. The Balaban J connectivity index is 1.79.